The van der Waals surface area contributed by atoms with Crippen molar-refractivity contribution >= 4 is 10.0 Å². The van der Waals surface area contributed by atoms with Gasteiger partial charge < -0.3 is 0 Å². The van der Waals surface area contributed by atoms with Gasteiger partial charge in [-0.2, -0.15) is 5.26 Å². The summed E-state index contributed by atoms with van der Waals surface area (Å²) in [5, 5.41) is 7.91. The molecule has 0 saturated heterocycles. The third-order valence-corrected chi connectivity index (χ3v) is 5.46. The normalized spacial score (nSPS) is 31.8. The lowest BCUT2D eigenvalue weighted by atomic mass is 9.80. The molecular weight excluding hydrogens is 236 g/mol. The molecule has 1 aliphatic rings. The van der Waals surface area contributed by atoms with Gasteiger partial charge in [0.05, 0.1) is 6.07 Å². The van der Waals surface area contributed by atoms with E-state index in [1.54, 1.807) is 6.92 Å². The number of nitrogens with one attached hydrogen (secondary N) is 1. The first kappa shape index (κ1) is 14.5. The first-order valence-electron chi connectivity index (χ1n) is 6.31. The molecule has 0 amide bonds. The predicted octanol–water partition coefficient (Wildman–Crippen LogP) is 2.03. The Labute approximate surface area is 104 Å². The molecule has 1 N–H and O–H groups in total. The van der Waals surface area contributed by atoms with Crippen LogP contribution in [0, 0.1) is 23.2 Å². The van der Waals surface area contributed by atoms with E-state index in [9.17, 15) is 8.42 Å². The van der Waals surface area contributed by atoms with Gasteiger partial charge in [-0.05, 0) is 37.5 Å². The van der Waals surface area contributed by atoms with Crippen molar-refractivity contribution in [2.45, 2.75) is 57.7 Å². The van der Waals surface area contributed by atoms with Crippen molar-refractivity contribution in [1.29, 1.82) is 5.26 Å². The average molecular weight is 258 g/mol. The van der Waals surface area contributed by atoms with E-state index in [0.29, 0.717) is 18.3 Å². The van der Waals surface area contributed by atoms with Crippen molar-refractivity contribution in [1.82, 2.24) is 4.72 Å². The number of hydrogen-bond donors (Lipinski definition) is 1. The Kier molecular flexibility index (Phi) is 4.96. The van der Waals surface area contributed by atoms with E-state index < -0.39 is 15.3 Å². The number of hydrogen-bond acceptors (Lipinski definition) is 3. The summed E-state index contributed by atoms with van der Waals surface area (Å²) in [5.74, 6) is 1.02. The van der Waals surface area contributed by atoms with Crippen LogP contribution in [-0.2, 0) is 10.0 Å². The maximum absolute atomic E-state index is 12.0. The van der Waals surface area contributed by atoms with Gasteiger partial charge in [0.15, 0.2) is 5.25 Å². The SMILES string of the molecule is CCC(C#N)S(=O)(=O)NC1CCC(C)CC1C. The maximum atomic E-state index is 12.0. The topological polar surface area (TPSA) is 70.0 Å². The smallest absolute Gasteiger partial charge is 0.211 e. The van der Waals surface area contributed by atoms with Crippen LogP contribution < -0.4 is 4.72 Å². The molecule has 0 bridgehead atoms. The second-order valence-electron chi connectivity index (χ2n) is 5.19. The molecule has 1 fully saturated rings. The lowest BCUT2D eigenvalue weighted by Crippen LogP contribution is -2.45. The average Bonchev–Trinajstić information content (AvgIpc) is 2.23. The molecule has 1 rings (SSSR count). The fourth-order valence-corrected chi connectivity index (χ4v) is 4.03. The molecule has 0 aromatic heterocycles. The highest BCUT2D eigenvalue weighted by Crippen LogP contribution is 2.29. The zero-order valence-electron chi connectivity index (χ0n) is 10.8. The van der Waals surface area contributed by atoms with Crippen molar-refractivity contribution in [2.75, 3.05) is 0 Å². The molecule has 0 radical (unpaired) electrons. The standard InChI is InChI=1S/C12H22N2O2S/c1-4-11(8-13)17(15,16)14-12-6-5-9(2)7-10(12)3/h9-12,14H,4-7H2,1-3H3. The quantitative estimate of drug-likeness (QED) is 0.838. The van der Waals surface area contributed by atoms with Crippen LogP contribution in [0.4, 0.5) is 0 Å². The molecule has 5 heteroatoms. The van der Waals surface area contributed by atoms with Gasteiger partial charge in [-0.3, -0.25) is 0 Å². The van der Waals surface area contributed by atoms with Crippen LogP contribution >= 0.6 is 0 Å². The summed E-state index contributed by atoms with van der Waals surface area (Å²) in [5.41, 5.74) is 0. The van der Waals surface area contributed by atoms with Crippen molar-refractivity contribution in [2.24, 2.45) is 11.8 Å². The summed E-state index contributed by atoms with van der Waals surface area (Å²) < 4.78 is 26.6. The van der Waals surface area contributed by atoms with Crippen LogP contribution in [0.15, 0.2) is 0 Å². The van der Waals surface area contributed by atoms with Crippen LogP contribution in [0.25, 0.3) is 0 Å². The number of nitriles is 1. The van der Waals surface area contributed by atoms with Gasteiger partial charge in [-0.15, -0.1) is 0 Å². The monoisotopic (exact) mass is 258 g/mol. The molecule has 98 valence electrons. The molecule has 4 nitrogen and oxygen atoms in total. The second-order valence-corrected chi connectivity index (χ2v) is 7.09. The van der Waals surface area contributed by atoms with Crippen LogP contribution in [0.2, 0.25) is 0 Å². The molecule has 4 unspecified atom stereocenters. The number of nitrogens with zero attached hydrogens (tertiary/aromatic N) is 1. The highest BCUT2D eigenvalue weighted by atomic mass is 32.2. The Hall–Kier alpha value is -0.600. The molecular formula is C12H22N2O2S. The van der Waals surface area contributed by atoms with Crippen LogP contribution in [0.1, 0.15) is 46.5 Å². The minimum absolute atomic E-state index is 0.00130. The molecule has 1 aliphatic carbocycles. The van der Waals surface area contributed by atoms with E-state index in [1.165, 1.54) is 0 Å². The lowest BCUT2D eigenvalue weighted by Gasteiger charge is -2.33. The van der Waals surface area contributed by atoms with E-state index in [-0.39, 0.29) is 6.04 Å². The highest BCUT2D eigenvalue weighted by molar-refractivity contribution is 7.90. The fourth-order valence-electron chi connectivity index (χ4n) is 2.51. The number of sulfonamides is 1. The Bertz CT molecular complexity index is 386. The lowest BCUT2D eigenvalue weighted by molar-refractivity contribution is 0.249. The van der Waals surface area contributed by atoms with Crippen LogP contribution in [0.5, 0.6) is 0 Å². The minimum atomic E-state index is -3.48. The highest BCUT2D eigenvalue weighted by Gasteiger charge is 2.32. The molecule has 0 aromatic carbocycles. The first-order valence-corrected chi connectivity index (χ1v) is 7.86. The van der Waals surface area contributed by atoms with E-state index in [2.05, 4.69) is 18.6 Å². The van der Waals surface area contributed by atoms with Gasteiger partial charge in [0.1, 0.15) is 0 Å². The first-order chi connectivity index (χ1) is 7.90. The third-order valence-electron chi connectivity index (χ3n) is 3.64. The summed E-state index contributed by atoms with van der Waals surface area (Å²) >= 11 is 0. The summed E-state index contributed by atoms with van der Waals surface area (Å²) in [7, 11) is -3.48. The molecule has 17 heavy (non-hydrogen) atoms. The Morgan fingerprint density at radius 1 is 1.41 bits per heavy atom. The van der Waals surface area contributed by atoms with E-state index >= 15 is 0 Å². The van der Waals surface area contributed by atoms with E-state index in [4.69, 9.17) is 5.26 Å². The summed E-state index contributed by atoms with van der Waals surface area (Å²) in [6, 6.07) is 1.85. The van der Waals surface area contributed by atoms with Crippen molar-refractivity contribution in [3.8, 4) is 6.07 Å². The van der Waals surface area contributed by atoms with Gasteiger partial charge in [-0.1, -0.05) is 20.8 Å². The van der Waals surface area contributed by atoms with E-state index in [0.717, 1.165) is 19.3 Å². The summed E-state index contributed by atoms with van der Waals surface area (Å²) in [6.45, 7) is 6.00. The zero-order chi connectivity index (χ0) is 13.1. The summed E-state index contributed by atoms with van der Waals surface area (Å²) in [6.07, 6.45) is 3.32. The van der Waals surface area contributed by atoms with Gasteiger partial charge in [0.25, 0.3) is 0 Å². The van der Waals surface area contributed by atoms with Gasteiger partial charge in [-0.25, -0.2) is 13.1 Å². The maximum Gasteiger partial charge on any atom is 0.228 e. The van der Waals surface area contributed by atoms with Crippen LogP contribution in [-0.4, -0.2) is 19.7 Å². The predicted molar refractivity (Wildman–Crippen MR) is 67.7 cm³/mol. The molecule has 0 aromatic rings. The minimum Gasteiger partial charge on any atom is -0.211 e. The van der Waals surface area contributed by atoms with Crippen molar-refractivity contribution < 1.29 is 8.42 Å². The number of rotatable bonds is 4. The largest absolute Gasteiger partial charge is 0.228 e. The molecule has 0 heterocycles. The second kappa shape index (κ2) is 5.83. The molecule has 1 saturated carbocycles. The van der Waals surface area contributed by atoms with Gasteiger partial charge >= 0.3 is 0 Å². The molecule has 0 spiro atoms. The summed E-state index contributed by atoms with van der Waals surface area (Å²) in [4.78, 5) is 0. The Morgan fingerprint density at radius 3 is 2.53 bits per heavy atom. The molecule has 0 aliphatic heterocycles. The Balaban J connectivity index is 2.68. The molecule has 4 atom stereocenters. The van der Waals surface area contributed by atoms with Crippen molar-refractivity contribution in [3.63, 3.8) is 0 Å². The van der Waals surface area contributed by atoms with Gasteiger partial charge in [0.2, 0.25) is 10.0 Å². The van der Waals surface area contributed by atoms with E-state index in [1.807, 2.05) is 6.07 Å². The fraction of sp³-hybridized carbons (Fsp3) is 0.917. The Morgan fingerprint density at radius 2 is 2.06 bits per heavy atom. The zero-order valence-corrected chi connectivity index (χ0v) is 11.6. The third kappa shape index (κ3) is 3.68. The van der Waals surface area contributed by atoms with Crippen LogP contribution in [0.3, 0.4) is 0 Å². The van der Waals surface area contributed by atoms with Gasteiger partial charge in [0, 0.05) is 6.04 Å². The van der Waals surface area contributed by atoms with Crippen molar-refractivity contribution in [3.05, 3.63) is 0 Å².